The number of ether oxygens (including phenoxy) is 2. The molecule has 0 aliphatic carbocycles. The van der Waals surface area contributed by atoms with Gasteiger partial charge >= 0.3 is 11.9 Å². The Morgan fingerprint density at radius 3 is 1.61 bits per heavy atom. The number of hydrogen-bond acceptors (Lipinski definition) is 9. The van der Waals surface area contributed by atoms with E-state index in [1.165, 1.54) is 62.4 Å². The van der Waals surface area contributed by atoms with E-state index < -0.39 is 11.9 Å². The number of H-pyrrole nitrogens is 1. The molecule has 0 aliphatic heterocycles. The SMILES string of the molecule is CC(=O)Oc1ccc(C(=O)Cc2n[nH]c(=S)nc2CC(=O)c2ccc(OC(C)=O)cc2)cc1. The Kier molecular flexibility index (Phi) is 7.52. The van der Waals surface area contributed by atoms with E-state index in [0.29, 0.717) is 28.3 Å². The van der Waals surface area contributed by atoms with E-state index in [-0.39, 0.29) is 34.9 Å². The average Bonchev–Trinajstić information content (AvgIpc) is 2.75. The number of rotatable bonds is 8. The van der Waals surface area contributed by atoms with Crippen LogP contribution in [0.4, 0.5) is 0 Å². The topological polar surface area (TPSA) is 128 Å². The molecule has 0 saturated heterocycles. The summed E-state index contributed by atoms with van der Waals surface area (Å²) in [7, 11) is 0. The first-order valence-corrected chi connectivity index (χ1v) is 10.2. The molecule has 1 heterocycles. The van der Waals surface area contributed by atoms with Crippen molar-refractivity contribution in [2.75, 3.05) is 0 Å². The molecule has 0 fully saturated rings. The number of aromatic amines is 1. The first-order chi connectivity index (χ1) is 15.7. The lowest BCUT2D eigenvalue weighted by Crippen LogP contribution is -2.14. The molecule has 0 radical (unpaired) electrons. The van der Waals surface area contributed by atoms with Crippen LogP contribution in [-0.2, 0) is 22.4 Å². The van der Waals surface area contributed by atoms with Gasteiger partial charge in [-0.05, 0) is 60.7 Å². The van der Waals surface area contributed by atoms with Crippen LogP contribution in [0.2, 0.25) is 0 Å². The van der Waals surface area contributed by atoms with E-state index in [1.807, 2.05) is 0 Å². The first-order valence-electron chi connectivity index (χ1n) is 9.79. The van der Waals surface area contributed by atoms with Crippen LogP contribution in [-0.4, -0.2) is 38.7 Å². The van der Waals surface area contributed by atoms with Crippen LogP contribution in [0.15, 0.2) is 48.5 Å². The lowest BCUT2D eigenvalue weighted by atomic mass is 10.0. The van der Waals surface area contributed by atoms with Crippen LogP contribution in [0.5, 0.6) is 11.5 Å². The summed E-state index contributed by atoms with van der Waals surface area (Å²) < 4.78 is 10.0. The molecule has 10 heteroatoms. The van der Waals surface area contributed by atoms with Crippen LogP contribution >= 0.6 is 12.2 Å². The Hall–Kier alpha value is -4.05. The number of Topliss-reactive ketones (excluding diaryl/α,β-unsaturated/α-hetero) is 2. The smallest absolute Gasteiger partial charge is 0.308 e. The maximum atomic E-state index is 12.7. The molecule has 3 rings (SSSR count). The molecule has 0 aliphatic rings. The number of carbonyl (C=O) groups is 4. The summed E-state index contributed by atoms with van der Waals surface area (Å²) in [6.07, 6.45) is -0.230. The molecule has 0 spiro atoms. The van der Waals surface area contributed by atoms with Gasteiger partial charge in [0, 0.05) is 25.0 Å². The number of esters is 2. The number of ketones is 2. The van der Waals surface area contributed by atoms with Crippen molar-refractivity contribution in [3.8, 4) is 11.5 Å². The van der Waals surface area contributed by atoms with E-state index in [0.717, 1.165) is 0 Å². The van der Waals surface area contributed by atoms with Crippen LogP contribution in [0, 0.1) is 4.77 Å². The second-order valence-corrected chi connectivity index (χ2v) is 7.36. The van der Waals surface area contributed by atoms with Crippen molar-refractivity contribution in [2.45, 2.75) is 26.7 Å². The molecule has 0 bridgehead atoms. The third-order valence-corrected chi connectivity index (χ3v) is 4.57. The Labute approximate surface area is 193 Å². The van der Waals surface area contributed by atoms with Gasteiger partial charge in [-0.25, -0.2) is 4.98 Å². The fourth-order valence-electron chi connectivity index (χ4n) is 2.93. The number of hydrogen-bond donors (Lipinski definition) is 1. The molecule has 1 N–H and O–H groups in total. The quantitative estimate of drug-likeness (QED) is 0.231. The summed E-state index contributed by atoms with van der Waals surface area (Å²) in [5.41, 5.74) is 1.35. The number of nitrogens with one attached hydrogen (secondary N) is 1. The van der Waals surface area contributed by atoms with E-state index in [9.17, 15) is 19.2 Å². The lowest BCUT2D eigenvalue weighted by Gasteiger charge is -2.08. The molecule has 9 nitrogen and oxygen atoms in total. The highest BCUT2D eigenvalue weighted by atomic mass is 32.1. The van der Waals surface area contributed by atoms with Gasteiger partial charge in [0.15, 0.2) is 11.6 Å². The maximum absolute atomic E-state index is 12.7. The van der Waals surface area contributed by atoms with Gasteiger partial charge in [0.05, 0.1) is 24.2 Å². The molecule has 0 saturated carbocycles. The number of benzene rings is 2. The molecule has 0 atom stereocenters. The highest BCUT2D eigenvalue weighted by Gasteiger charge is 2.17. The third kappa shape index (κ3) is 6.71. The third-order valence-electron chi connectivity index (χ3n) is 4.39. The summed E-state index contributed by atoms with van der Waals surface area (Å²) in [6, 6.07) is 12.2. The zero-order valence-corrected chi connectivity index (χ0v) is 18.6. The second-order valence-electron chi connectivity index (χ2n) is 6.97. The van der Waals surface area contributed by atoms with Crippen LogP contribution in [0.25, 0.3) is 0 Å². The molecule has 168 valence electrons. The maximum Gasteiger partial charge on any atom is 0.308 e. The van der Waals surface area contributed by atoms with Crippen molar-refractivity contribution in [1.82, 2.24) is 15.2 Å². The Morgan fingerprint density at radius 2 is 1.18 bits per heavy atom. The fourth-order valence-corrected chi connectivity index (χ4v) is 3.09. The monoisotopic (exact) mass is 465 g/mol. The molecule has 33 heavy (non-hydrogen) atoms. The van der Waals surface area contributed by atoms with Crippen molar-refractivity contribution < 1.29 is 28.7 Å². The second kappa shape index (κ2) is 10.5. The molecular weight excluding hydrogens is 446 g/mol. The van der Waals surface area contributed by atoms with Gasteiger partial charge < -0.3 is 9.47 Å². The van der Waals surface area contributed by atoms with E-state index >= 15 is 0 Å². The minimum absolute atomic E-state index is 0.0879. The van der Waals surface area contributed by atoms with Crippen LogP contribution in [0.1, 0.15) is 46.0 Å². The largest absolute Gasteiger partial charge is 0.427 e. The minimum atomic E-state index is -0.460. The van der Waals surface area contributed by atoms with Gasteiger partial charge in [0.1, 0.15) is 11.5 Å². The predicted octanol–water partition coefficient (Wildman–Crippen LogP) is 3.24. The van der Waals surface area contributed by atoms with Crippen LogP contribution in [0.3, 0.4) is 0 Å². The molecule has 0 amide bonds. The summed E-state index contributed by atoms with van der Waals surface area (Å²) in [5.74, 6) is -0.791. The number of aromatic nitrogens is 3. The molecule has 1 aromatic heterocycles. The van der Waals surface area contributed by atoms with Gasteiger partial charge in [-0.15, -0.1) is 0 Å². The normalized spacial score (nSPS) is 10.4. The Bertz CT molecular complexity index is 1270. The summed E-state index contributed by atoms with van der Waals surface area (Å²) in [4.78, 5) is 51.7. The van der Waals surface area contributed by atoms with Crippen molar-refractivity contribution in [2.24, 2.45) is 0 Å². The predicted molar refractivity (Wildman–Crippen MR) is 119 cm³/mol. The van der Waals surface area contributed by atoms with Gasteiger partial charge in [-0.3, -0.25) is 24.3 Å². The van der Waals surface area contributed by atoms with Gasteiger partial charge in [0.25, 0.3) is 0 Å². The highest BCUT2D eigenvalue weighted by Crippen LogP contribution is 2.17. The average molecular weight is 465 g/mol. The van der Waals surface area contributed by atoms with Gasteiger partial charge in [-0.1, -0.05) is 0 Å². The minimum Gasteiger partial charge on any atom is -0.427 e. The molecule has 3 aromatic rings. The van der Waals surface area contributed by atoms with E-state index in [1.54, 1.807) is 0 Å². The van der Waals surface area contributed by atoms with Gasteiger partial charge in [0.2, 0.25) is 4.77 Å². The number of carbonyl (C=O) groups excluding carboxylic acids is 4. The van der Waals surface area contributed by atoms with Crippen molar-refractivity contribution in [3.05, 3.63) is 75.8 Å². The Balaban J connectivity index is 1.75. The standard InChI is InChI=1S/C23H19N3O6S/c1-13(27)31-17-7-3-15(4-8-17)21(29)11-19-20(25-26-23(33)24-19)12-22(30)16-5-9-18(10-6-16)32-14(2)28/h3-10H,11-12H2,1-2H3,(H,24,26,33). The van der Waals surface area contributed by atoms with E-state index in [2.05, 4.69) is 15.2 Å². The summed E-state index contributed by atoms with van der Waals surface area (Å²) >= 11 is 5.03. The zero-order valence-electron chi connectivity index (χ0n) is 17.8. The Morgan fingerprint density at radius 1 is 0.758 bits per heavy atom. The van der Waals surface area contributed by atoms with Gasteiger partial charge in [-0.2, -0.15) is 5.10 Å². The van der Waals surface area contributed by atoms with Crippen LogP contribution < -0.4 is 9.47 Å². The van der Waals surface area contributed by atoms with Crippen molar-refractivity contribution in [1.29, 1.82) is 0 Å². The molecular formula is C23H19N3O6S. The lowest BCUT2D eigenvalue weighted by molar-refractivity contribution is -0.132. The highest BCUT2D eigenvalue weighted by molar-refractivity contribution is 7.71. The molecule has 2 aromatic carbocycles. The zero-order chi connectivity index (χ0) is 24.0. The first kappa shape index (κ1) is 23.6. The van der Waals surface area contributed by atoms with Crippen molar-refractivity contribution in [3.63, 3.8) is 0 Å². The van der Waals surface area contributed by atoms with Crippen molar-refractivity contribution >= 4 is 35.7 Å². The summed E-state index contributed by atoms with van der Waals surface area (Å²) in [6.45, 7) is 2.57. The number of nitrogens with zero attached hydrogens (tertiary/aromatic N) is 2. The fraction of sp³-hybridized carbons (Fsp3) is 0.174. The van der Waals surface area contributed by atoms with E-state index in [4.69, 9.17) is 21.7 Å². The molecule has 0 unspecified atom stereocenters. The summed E-state index contributed by atoms with van der Waals surface area (Å²) in [5, 5.41) is 6.65.